The van der Waals surface area contributed by atoms with Crippen molar-refractivity contribution in [2.75, 3.05) is 20.3 Å². The van der Waals surface area contributed by atoms with Crippen molar-refractivity contribution in [3.8, 4) is 0 Å². The Labute approximate surface area is 121 Å². The molecular weight excluding hydrogens is 303 g/mol. The normalized spacial score (nSPS) is 19.1. The minimum absolute atomic E-state index is 0.129. The third-order valence-corrected chi connectivity index (χ3v) is 5.57. The van der Waals surface area contributed by atoms with Gasteiger partial charge in [-0.2, -0.15) is 8.70 Å². The first-order chi connectivity index (χ1) is 9.75. The predicted octanol–water partition coefficient (Wildman–Crippen LogP) is 1.45. The SMILES string of the molecule is Cc1cc(F)c([N+](=O)[O-])cc1S(=O)(=O)N(C)C1CCOC1. The molecule has 0 aliphatic carbocycles. The number of hydrogen-bond donors (Lipinski definition) is 0. The Hall–Kier alpha value is -1.58. The van der Waals surface area contributed by atoms with Crippen molar-refractivity contribution in [1.82, 2.24) is 4.31 Å². The Morgan fingerprint density at radius 3 is 2.67 bits per heavy atom. The number of nitrogens with zero attached hydrogens (tertiary/aromatic N) is 2. The maximum atomic E-state index is 13.5. The van der Waals surface area contributed by atoms with Crippen molar-refractivity contribution in [1.29, 1.82) is 0 Å². The van der Waals surface area contributed by atoms with Gasteiger partial charge in [0.1, 0.15) is 0 Å². The Morgan fingerprint density at radius 2 is 2.14 bits per heavy atom. The largest absolute Gasteiger partial charge is 0.380 e. The fourth-order valence-corrected chi connectivity index (χ4v) is 3.82. The van der Waals surface area contributed by atoms with E-state index < -0.39 is 26.5 Å². The van der Waals surface area contributed by atoms with E-state index in [1.165, 1.54) is 14.0 Å². The van der Waals surface area contributed by atoms with Gasteiger partial charge in [0.05, 0.1) is 22.5 Å². The first kappa shape index (κ1) is 15.8. The van der Waals surface area contributed by atoms with Crippen molar-refractivity contribution in [2.24, 2.45) is 0 Å². The van der Waals surface area contributed by atoms with E-state index in [4.69, 9.17) is 4.74 Å². The van der Waals surface area contributed by atoms with Gasteiger partial charge in [-0.1, -0.05) is 0 Å². The zero-order chi connectivity index (χ0) is 15.8. The fourth-order valence-electron chi connectivity index (χ4n) is 2.22. The molecule has 0 aromatic heterocycles. The van der Waals surface area contributed by atoms with Gasteiger partial charge in [0.25, 0.3) is 0 Å². The van der Waals surface area contributed by atoms with Gasteiger partial charge in [-0.25, -0.2) is 8.42 Å². The van der Waals surface area contributed by atoms with Crippen LogP contribution in [0.2, 0.25) is 0 Å². The highest BCUT2D eigenvalue weighted by atomic mass is 32.2. The highest BCUT2D eigenvalue weighted by Gasteiger charge is 2.33. The van der Waals surface area contributed by atoms with Crippen LogP contribution >= 0.6 is 0 Å². The lowest BCUT2D eigenvalue weighted by Gasteiger charge is -2.23. The number of benzene rings is 1. The monoisotopic (exact) mass is 318 g/mol. The number of sulfonamides is 1. The molecule has 1 atom stereocenters. The Morgan fingerprint density at radius 1 is 1.48 bits per heavy atom. The number of ether oxygens (including phenoxy) is 1. The van der Waals surface area contributed by atoms with E-state index in [9.17, 15) is 22.9 Å². The van der Waals surface area contributed by atoms with Crippen LogP contribution in [0, 0.1) is 22.9 Å². The Bertz CT molecular complexity index is 670. The van der Waals surface area contributed by atoms with Gasteiger partial charge in [-0.05, 0) is 25.0 Å². The average Bonchev–Trinajstić information content (AvgIpc) is 2.90. The Kier molecular flexibility index (Phi) is 4.26. The third kappa shape index (κ3) is 2.89. The van der Waals surface area contributed by atoms with Gasteiger partial charge in [-0.15, -0.1) is 0 Å². The van der Waals surface area contributed by atoms with E-state index in [-0.39, 0.29) is 23.1 Å². The summed E-state index contributed by atoms with van der Waals surface area (Å²) in [6.07, 6.45) is 0.554. The lowest BCUT2D eigenvalue weighted by molar-refractivity contribution is -0.387. The van der Waals surface area contributed by atoms with Gasteiger partial charge in [0.15, 0.2) is 0 Å². The van der Waals surface area contributed by atoms with Crippen LogP contribution in [-0.4, -0.2) is 43.9 Å². The summed E-state index contributed by atoms with van der Waals surface area (Å²) in [6, 6.07) is 1.31. The van der Waals surface area contributed by atoms with E-state index in [1.807, 2.05) is 0 Å². The van der Waals surface area contributed by atoms with Crippen molar-refractivity contribution < 1.29 is 22.5 Å². The summed E-state index contributed by atoms with van der Waals surface area (Å²) in [7, 11) is -2.55. The summed E-state index contributed by atoms with van der Waals surface area (Å²) in [5.74, 6) is -1.05. The highest BCUT2D eigenvalue weighted by Crippen LogP contribution is 2.28. The molecule has 21 heavy (non-hydrogen) atoms. The van der Waals surface area contributed by atoms with Gasteiger partial charge in [-0.3, -0.25) is 10.1 Å². The summed E-state index contributed by atoms with van der Waals surface area (Å²) >= 11 is 0. The van der Waals surface area contributed by atoms with Crippen LogP contribution in [0.3, 0.4) is 0 Å². The third-order valence-electron chi connectivity index (χ3n) is 3.52. The zero-order valence-electron chi connectivity index (χ0n) is 11.6. The zero-order valence-corrected chi connectivity index (χ0v) is 12.4. The van der Waals surface area contributed by atoms with E-state index in [0.29, 0.717) is 13.0 Å². The minimum Gasteiger partial charge on any atom is -0.380 e. The quantitative estimate of drug-likeness (QED) is 0.619. The number of aryl methyl sites for hydroxylation is 1. The van der Waals surface area contributed by atoms with Gasteiger partial charge >= 0.3 is 5.69 Å². The maximum Gasteiger partial charge on any atom is 0.306 e. The van der Waals surface area contributed by atoms with Crippen LogP contribution in [0.1, 0.15) is 12.0 Å². The molecule has 1 aromatic carbocycles. The molecule has 0 radical (unpaired) electrons. The number of likely N-dealkylation sites (N-methyl/N-ethyl adjacent to an activating group) is 1. The van der Waals surface area contributed by atoms with E-state index in [1.54, 1.807) is 0 Å². The lowest BCUT2D eigenvalue weighted by Crippen LogP contribution is -2.37. The maximum absolute atomic E-state index is 13.5. The second-order valence-corrected chi connectivity index (χ2v) is 6.83. The standard InChI is InChI=1S/C12H15FN2O5S/c1-8-5-10(13)11(15(16)17)6-12(8)21(18,19)14(2)9-3-4-20-7-9/h5-6,9H,3-4,7H2,1-2H3. The number of rotatable bonds is 4. The van der Waals surface area contributed by atoms with Crippen LogP contribution in [-0.2, 0) is 14.8 Å². The van der Waals surface area contributed by atoms with Crippen LogP contribution in [0.4, 0.5) is 10.1 Å². The minimum atomic E-state index is -3.94. The molecule has 1 aliphatic heterocycles. The van der Waals surface area contributed by atoms with Crippen molar-refractivity contribution in [3.05, 3.63) is 33.6 Å². The summed E-state index contributed by atoms with van der Waals surface area (Å²) in [5.41, 5.74) is -0.723. The van der Waals surface area contributed by atoms with E-state index in [0.717, 1.165) is 16.4 Å². The molecule has 1 heterocycles. The first-order valence-electron chi connectivity index (χ1n) is 6.25. The van der Waals surface area contributed by atoms with Gasteiger partial charge in [0, 0.05) is 19.7 Å². The summed E-state index contributed by atoms with van der Waals surface area (Å²) < 4.78 is 44.9. The smallest absolute Gasteiger partial charge is 0.306 e. The first-order valence-corrected chi connectivity index (χ1v) is 7.69. The molecule has 116 valence electrons. The molecule has 7 nitrogen and oxygen atoms in total. The molecule has 0 amide bonds. The van der Waals surface area contributed by atoms with E-state index in [2.05, 4.69) is 0 Å². The van der Waals surface area contributed by atoms with Crippen LogP contribution in [0.25, 0.3) is 0 Å². The van der Waals surface area contributed by atoms with Crippen LogP contribution in [0.5, 0.6) is 0 Å². The van der Waals surface area contributed by atoms with Crippen molar-refractivity contribution >= 4 is 15.7 Å². The number of halogens is 1. The van der Waals surface area contributed by atoms with Crippen molar-refractivity contribution in [3.63, 3.8) is 0 Å². The fraction of sp³-hybridized carbons (Fsp3) is 0.500. The molecule has 1 unspecified atom stereocenters. The summed E-state index contributed by atoms with van der Waals surface area (Å²) in [5, 5.41) is 10.8. The molecule has 9 heteroatoms. The Balaban J connectivity index is 2.48. The summed E-state index contributed by atoms with van der Waals surface area (Å²) in [4.78, 5) is 9.58. The second kappa shape index (κ2) is 5.66. The molecule has 0 saturated carbocycles. The van der Waals surface area contributed by atoms with E-state index >= 15 is 0 Å². The van der Waals surface area contributed by atoms with Gasteiger partial charge < -0.3 is 4.74 Å². The molecule has 0 spiro atoms. The second-order valence-electron chi connectivity index (χ2n) is 4.86. The highest BCUT2D eigenvalue weighted by molar-refractivity contribution is 7.89. The molecule has 1 aromatic rings. The predicted molar refractivity (Wildman–Crippen MR) is 72.0 cm³/mol. The molecule has 0 N–H and O–H groups in total. The lowest BCUT2D eigenvalue weighted by atomic mass is 10.2. The molecular formula is C12H15FN2O5S. The number of nitro groups is 1. The van der Waals surface area contributed by atoms with Crippen LogP contribution < -0.4 is 0 Å². The summed E-state index contributed by atoms with van der Waals surface area (Å²) in [6.45, 7) is 2.14. The number of hydrogen-bond acceptors (Lipinski definition) is 5. The molecule has 1 aliphatic rings. The molecule has 1 saturated heterocycles. The van der Waals surface area contributed by atoms with Crippen molar-refractivity contribution in [2.45, 2.75) is 24.3 Å². The molecule has 0 bridgehead atoms. The average molecular weight is 318 g/mol. The van der Waals surface area contributed by atoms with Crippen LogP contribution in [0.15, 0.2) is 17.0 Å². The molecule has 1 fully saturated rings. The number of nitro benzene ring substituents is 1. The topological polar surface area (TPSA) is 89.8 Å². The molecule has 2 rings (SSSR count). The van der Waals surface area contributed by atoms with Gasteiger partial charge in [0.2, 0.25) is 15.8 Å².